The molecule has 0 atom stereocenters. The van der Waals surface area contributed by atoms with Gasteiger partial charge in [0, 0.05) is 5.39 Å². The van der Waals surface area contributed by atoms with Crippen LogP contribution in [0.25, 0.3) is 10.8 Å². The predicted molar refractivity (Wildman–Crippen MR) is 102 cm³/mol. The highest BCUT2D eigenvalue weighted by Crippen LogP contribution is 2.46. The van der Waals surface area contributed by atoms with Crippen LogP contribution in [0.1, 0.15) is 27.7 Å². The van der Waals surface area contributed by atoms with Gasteiger partial charge in [-0.3, -0.25) is 0 Å². The van der Waals surface area contributed by atoms with Gasteiger partial charge in [0.2, 0.25) is 5.75 Å². The number of hydrogen-bond donors (Lipinski definition) is 0. The first-order valence-corrected chi connectivity index (χ1v) is 8.66. The van der Waals surface area contributed by atoms with Crippen molar-refractivity contribution in [2.75, 3.05) is 0 Å². The van der Waals surface area contributed by atoms with Crippen molar-refractivity contribution in [3.8, 4) is 23.0 Å². The molecule has 3 heteroatoms. The Morgan fingerprint density at radius 2 is 1.28 bits per heavy atom. The molecule has 0 amide bonds. The Hall–Kier alpha value is -2.68. The molecule has 0 aromatic heterocycles. The molecule has 0 radical (unpaired) electrons. The molecule has 3 rings (SSSR count). The van der Waals surface area contributed by atoms with E-state index in [1.54, 1.807) is 0 Å². The second-order valence-corrected chi connectivity index (χ2v) is 6.50. The minimum absolute atomic E-state index is 0.00815. The van der Waals surface area contributed by atoms with Crippen molar-refractivity contribution in [3.63, 3.8) is 0 Å². The van der Waals surface area contributed by atoms with Gasteiger partial charge in [0.15, 0.2) is 11.5 Å². The molecule has 0 saturated carbocycles. The van der Waals surface area contributed by atoms with Crippen LogP contribution in [0.4, 0.5) is 0 Å². The van der Waals surface area contributed by atoms with E-state index >= 15 is 0 Å². The van der Waals surface area contributed by atoms with E-state index in [1.807, 2.05) is 82.3 Å². The largest absolute Gasteiger partial charge is 0.486 e. The van der Waals surface area contributed by atoms with Crippen molar-refractivity contribution < 1.29 is 14.2 Å². The van der Waals surface area contributed by atoms with Crippen LogP contribution in [0.2, 0.25) is 0 Å². The summed E-state index contributed by atoms with van der Waals surface area (Å²) in [5.41, 5.74) is 0. The van der Waals surface area contributed by atoms with Gasteiger partial charge in [-0.15, -0.1) is 0 Å². The molecule has 0 spiro atoms. The summed E-state index contributed by atoms with van der Waals surface area (Å²) in [6.45, 7) is 8.03. The molecule has 0 aliphatic carbocycles. The van der Waals surface area contributed by atoms with Gasteiger partial charge in [0.1, 0.15) is 5.75 Å². The Morgan fingerprint density at radius 1 is 0.680 bits per heavy atom. The van der Waals surface area contributed by atoms with E-state index in [0.717, 1.165) is 22.3 Å². The topological polar surface area (TPSA) is 27.7 Å². The molecule has 3 aromatic rings. The van der Waals surface area contributed by atoms with Crippen LogP contribution in [0.3, 0.4) is 0 Å². The standard InChI is InChI=1S/C22H24O3/c1-15(2)23-21-19-13-9-8-10-17(19)14-20(22(21)24-16(3)4)25-18-11-6-5-7-12-18/h5-16H,1-4H3. The van der Waals surface area contributed by atoms with Crippen molar-refractivity contribution in [2.24, 2.45) is 0 Å². The average Bonchev–Trinajstić information content (AvgIpc) is 2.58. The molecule has 3 aromatic carbocycles. The smallest absolute Gasteiger partial charge is 0.205 e. The Bertz CT molecular complexity index is 839. The minimum Gasteiger partial charge on any atom is -0.486 e. The second kappa shape index (κ2) is 7.47. The first-order valence-electron chi connectivity index (χ1n) is 8.66. The monoisotopic (exact) mass is 336 g/mol. The molecule has 0 heterocycles. The number of hydrogen-bond acceptors (Lipinski definition) is 3. The summed E-state index contributed by atoms with van der Waals surface area (Å²) in [5.74, 6) is 2.80. The van der Waals surface area contributed by atoms with Crippen LogP contribution in [-0.2, 0) is 0 Å². The molecule has 0 aliphatic rings. The van der Waals surface area contributed by atoms with Crippen LogP contribution in [0.15, 0.2) is 60.7 Å². The molecular weight excluding hydrogens is 312 g/mol. The molecule has 0 N–H and O–H groups in total. The zero-order valence-corrected chi connectivity index (χ0v) is 15.2. The molecule has 0 saturated heterocycles. The van der Waals surface area contributed by atoms with E-state index in [9.17, 15) is 0 Å². The van der Waals surface area contributed by atoms with Crippen molar-refractivity contribution in [3.05, 3.63) is 60.7 Å². The third kappa shape index (κ3) is 4.05. The van der Waals surface area contributed by atoms with Crippen molar-refractivity contribution in [1.29, 1.82) is 0 Å². The van der Waals surface area contributed by atoms with E-state index in [-0.39, 0.29) is 12.2 Å². The fraction of sp³-hybridized carbons (Fsp3) is 0.273. The SMILES string of the molecule is CC(C)Oc1c(Oc2ccccc2)cc2ccccc2c1OC(C)C. The summed E-state index contributed by atoms with van der Waals surface area (Å²) in [4.78, 5) is 0. The van der Waals surface area contributed by atoms with Crippen LogP contribution in [0.5, 0.6) is 23.0 Å². The number of rotatable bonds is 6. The Labute approximate surface area is 149 Å². The maximum Gasteiger partial charge on any atom is 0.205 e. The van der Waals surface area contributed by atoms with Crippen LogP contribution >= 0.6 is 0 Å². The average molecular weight is 336 g/mol. The maximum absolute atomic E-state index is 6.14. The summed E-state index contributed by atoms with van der Waals surface area (Å²) < 4.78 is 18.4. The molecule has 0 bridgehead atoms. The summed E-state index contributed by atoms with van der Waals surface area (Å²) >= 11 is 0. The Kier molecular flexibility index (Phi) is 5.13. The molecule has 0 fully saturated rings. The van der Waals surface area contributed by atoms with Crippen LogP contribution < -0.4 is 14.2 Å². The number of para-hydroxylation sites is 1. The zero-order valence-electron chi connectivity index (χ0n) is 15.2. The molecule has 3 nitrogen and oxygen atoms in total. The summed E-state index contributed by atoms with van der Waals surface area (Å²) in [7, 11) is 0. The highest BCUT2D eigenvalue weighted by molar-refractivity contribution is 5.93. The van der Waals surface area contributed by atoms with Crippen molar-refractivity contribution in [2.45, 2.75) is 39.9 Å². The molecule has 130 valence electrons. The number of benzene rings is 3. The van der Waals surface area contributed by atoms with Crippen molar-refractivity contribution >= 4 is 10.8 Å². The van der Waals surface area contributed by atoms with Gasteiger partial charge in [-0.1, -0.05) is 42.5 Å². The quantitative estimate of drug-likeness (QED) is 0.536. The van der Waals surface area contributed by atoms with Gasteiger partial charge in [-0.05, 0) is 51.3 Å². The van der Waals surface area contributed by atoms with Gasteiger partial charge in [0.25, 0.3) is 0 Å². The van der Waals surface area contributed by atoms with E-state index in [1.165, 1.54) is 0 Å². The first kappa shape index (κ1) is 17.2. The third-order valence-electron chi connectivity index (χ3n) is 3.60. The second-order valence-electron chi connectivity index (χ2n) is 6.50. The number of fused-ring (bicyclic) bond motifs is 1. The first-order chi connectivity index (χ1) is 12.0. The lowest BCUT2D eigenvalue weighted by Crippen LogP contribution is -2.12. The van der Waals surface area contributed by atoms with Crippen LogP contribution in [0, 0.1) is 0 Å². The Morgan fingerprint density at radius 3 is 1.96 bits per heavy atom. The number of ether oxygens (including phenoxy) is 3. The highest BCUT2D eigenvalue weighted by atomic mass is 16.6. The summed E-state index contributed by atoms with van der Waals surface area (Å²) in [5, 5.41) is 2.08. The fourth-order valence-electron chi connectivity index (χ4n) is 2.66. The predicted octanol–water partition coefficient (Wildman–Crippen LogP) is 6.21. The van der Waals surface area contributed by atoms with Crippen molar-refractivity contribution in [1.82, 2.24) is 0 Å². The van der Waals surface area contributed by atoms with Gasteiger partial charge < -0.3 is 14.2 Å². The molecule has 0 unspecified atom stereocenters. The summed E-state index contributed by atoms with van der Waals surface area (Å²) in [6.07, 6.45) is 0.0405. The lowest BCUT2D eigenvalue weighted by Gasteiger charge is -2.22. The normalized spacial score (nSPS) is 11.1. The van der Waals surface area contributed by atoms with E-state index in [4.69, 9.17) is 14.2 Å². The van der Waals surface area contributed by atoms with Crippen LogP contribution in [-0.4, -0.2) is 12.2 Å². The lowest BCUT2D eigenvalue weighted by atomic mass is 10.1. The van der Waals surface area contributed by atoms with E-state index in [2.05, 4.69) is 6.07 Å². The van der Waals surface area contributed by atoms with E-state index < -0.39 is 0 Å². The maximum atomic E-state index is 6.14. The van der Waals surface area contributed by atoms with Gasteiger partial charge in [-0.2, -0.15) is 0 Å². The minimum atomic E-state index is 0.00815. The molecule has 0 aliphatic heterocycles. The van der Waals surface area contributed by atoms with Gasteiger partial charge in [0.05, 0.1) is 12.2 Å². The summed E-state index contributed by atoms with van der Waals surface area (Å²) in [6, 6.07) is 19.8. The highest BCUT2D eigenvalue weighted by Gasteiger charge is 2.20. The fourth-order valence-corrected chi connectivity index (χ4v) is 2.66. The third-order valence-corrected chi connectivity index (χ3v) is 3.60. The molecule has 25 heavy (non-hydrogen) atoms. The van der Waals surface area contributed by atoms with Gasteiger partial charge >= 0.3 is 0 Å². The van der Waals surface area contributed by atoms with Gasteiger partial charge in [-0.25, -0.2) is 0 Å². The zero-order chi connectivity index (χ0) is 17.8. The van der Waals surface area contributed by atoms with E-state index in [0.29, 0.717) is 11.5 Å². The molecular formula is C22H24O3. The Balaban J connectivity index is 2.19. The lowest BCUT2D eigenvalue weighted by molar-refractivity contribution is 0.195.